The molecule has 1 saturated heterocycles. The Labute approximate surface area is 243 Å². The lowest BCUT2D eigenvalue weighted by molar-refractivity contribution is -0.121. The fraction of sp³-hybridized carbons (Fsp3) is 0.185. The highest BCUT2D eigenvalue weighted by Crippen LogP contribution is 2.28. The Balaban J connectivity index is 0.00000190. The first kappa shape index (κ1) is 29.3. The van der Waals surface area contributed by atoms with Gasteiger partial charge in [0.25, 0.3) is 0 Å². The van der Waals surface area contributed by atoms with Crippen molar-refractivity contribution in [2.24, 2.45) is 0 Å². The molecule has 0 unspecified atom stereocenters. The van der Waals surface area contributed by atoms with E-state index in [0.29, 0.717) is 41.2 Å². The van der Waals surface area contributed by atoms with Crippen LogP contribution in [0.2, 0.25) is 15.1 Å². The smallest absolute Gasteiger partial charge is 0.241 e. The number of anilines is 1. The number of hydrogen-bond donors (Lipinski definition) is 0. The molecule has 0 atom stereocenters. The van der Waals surface area contributed by atoms with Crippen LogP contribution in [0.5, 0.6) is 0 Å². The molecule has 0 saturated carbocycles. The lowest BCUT2D eigenvalue weighted by Crippen LogP contribution is -2.50. The monoisotopic (exact) mass is 596 g/mol. The number of nitrogens with zero attached hydrogens (tertiary/aromatic N) is 4. The number of benzene rings is 3. The minimum Gasteiger partial charge on any atom is -0.329 e. The Bertz CT molecular complexity index is 1340. The molecule has 0 N–H and O–H groups in total. The summed E-state index contributed by atoms with van der Waals surface area (Å²) in [4.78, 5) is 21.1. The van der Waals surface area contributed by atoms with E-state index in [2.05, 4.69) is 38.7 Å². The van der Waals surface area contributed by atoms with Gasteiger partial charge in [-0.15, -0.1) is 24.8 Å². The fourth-order valence-electron chi connectivity index (χ4n) is 4.34. The van der Waals surface area contributed by atoms with Gasteiger partial charge >= 0.3 is 0 Å². The predicted molar refractivity (Wildman–Crippen MR) is 157 cm³/mol. The second kappa shape index (κ2) is 13.0. The molecule has 0 bridgehead atoms. The average Bonchev–Trinajstić information content (AvgIpc) is 3.25. The Morgan fingerprint density at radius 2 is 1.51 bits per heavy atom. The van der Waals surface area contributed by atoms with Crippen LogP contribution in [0.3, 0.4) is 0 Å². The van der Waals surface area contributed by atoms with E-state index in [1.165, 1.54) is 0 Å². The highest BCUT2D eigenvalue weighted by molar-refractivity contribution is 6.35. The van der Waals surface area contributed by atoms with Crippen molar-refractivity contribution in [3.63, 3.8) is 0 Å². The standard InChI is InChI=1S/C27H23Cl3N4O.2ClH/c28-22-2-1-3-25(13-22)34-9-8-32(17-27(34)35)16-26-14-31-18-33(26)15-19-4-6-20(7-5-19)21-10-23(29)12-24(30)11-21;;/h1-7,10-14,18H,8-9,15-17H2;2*1H. The molecule has 10 heteroatoms. The van der Waals surface area contributed by atoms with Crippen molar-refractivity contribution in [1.82, 2.24) is 14.5 Å². The number of rotatable bonds is 6. The third-order valence-electron chi connectivity index (χ3n) is 6.11. The van der Waals surface area contributed by atoms with Gasteiger partial charge < -0.3 is 9.47 Å². The summed E-state index contributed by atoms with van der Waals surface area (Å²) in [5.74, 6) is 0.0706. The van der Waals surface area contributed by atoms with Crippen molar-refractivity contribution in [3.05, 3.63) is 106 Å². The van der Waals surface area contributed by atoms with Crippen LogP contribution in [0.4, 0.5) is 5.69 Å². The second-order valence-corrected chi connectivity index (χ2v) is 9.91. The van der Waals surface area contributed by atoms with Crippen molar-refractivity contribution < 1.29 is 4.79 Å². The molecule has 0 radical (unpaired) electrons. The van der Waals surface area contributed by atoms with Crippen LogP contribution in [0, 0.1) is 0 Å². The number of imidazole rings is 1. The summed E-state index contributed by atoms with van der Waals surface area (Å²) in [7, 11) is 0. The van der Waals surface area contributed by atoms with Gasteiger partial charge in [0.2, 0.25) is 5.91 Å². The van der Waals surface area contributed by atoms with Crippen LogP contribution < -0.4 is 4.90 Å². The van der Waals surface area contributed by atoms with E-state index in [9.17, 15) is 4.79 Å². The van der Waals surface area contributed by atoms with E-state index in [0.717, 1.165) is 34.6 Å². The maximum Gasteiger partial charge on any atom is 0.241 e. The van der Waals surface area contributed by atoms with Crippen molar-refractivity contribution >= 4 is 71.2 Å². The summed E-state index contributed by atoms with van der Waals surface area (Å²) in [5.41, 5.74) is 5.11. The molecule has 5 nitrogen and oxygen atoms in total. The lowest BCUT2D eigenvalue weighted by atomic mass is 10.0. The first-order chi connectivity index (χ1) is 16.9. The van der Waals surface area contributed by atoms with Gasteiger partial charge in [0.1, 0.15) is 0 Å². The zero-order chi connectivity index (χ0) is 24.4. The van der Waals surface area contributed by atoms with Crippen LogP contribution in [-0.2, 0) is 17.9 Å². The van der Waals surface area contributed by atoms with Crippen LogP contribution >= 0.6 is 59.6 Å². The van der Waals surface area contributed by atoms with E-state index >= 15 is 0 Å². The molecular weight excluding hydrogens is 574 g/mol. The number of carbonyl (C=O) groups is 1. The minimum atomic E-state index is 0. The largest absolute Gasteiger partial charge is 0.329 e. The third-order valence-corrected chi connectivity index (χ3v) is 6.78. The van der Waals surface area contributed by atoms with Crippen molar-refractivity contribution in [1.29, 1.82) is 0 Å². The van der Waals surface area contributed by atoms with E-state index in [4.69, 9.17) is 34.8 Å². The van der Waals surface area contributed by atoms with Gasteiger partial charge in [0, 0.05) is 53.1 Å². The van der Waals surface area contributed by atoms with Crippen LogP contribution in [0.15, 0.2) is 79.3 Å². The maximum absolute atomic E-state index is 12.8. The summed E-state index contributed by atoms with van der Waals surface area (Å²) in [6.07, 6.45) is 3.71. The Morgan fingerprint density at radius 3 is 2.19 bits per heavy atom. The zero-order valence-corrected chi connectivity index (χ0v) is 23.6. The number of halogens is 5. The molecule has 1 fully saturated rings. The first-order valence-electron chi connectivity index (χ1n) is 11.3. The lowest BCUT2D eigenvalue weighted by Gasteiger charge is -2.34. The summed E-state index contributed by atoms with van der Waals surface area (Å²) >= 11 is 18.4. The van der Waals surface area contributed by atoms with E-state index in [1.807, 2.05) is 48.9 Å². The van der Waals surface area contributed by atoms with Crippen molar-refractivity contribution in [3.8, 4) is 11.1 Å². The minimum absolute atomic E-state index is 0. The SMILES string of the molecule is Cl.Cl.O=C1CN(Cc2cncn2Cc2ccc(-c3cc(Cl)cc(Cl)c3)cc2)CCN1c1cccc(Cl)c1. The molecular formula is C27H25Cl5N4O. The number of piperazine rings is 1. The van der Waals surface area contributed by atoms with Gasteiger partial charge in [-0.1, -0.05) is 65.1 Å². The zero-order valence-electron chi connectivity index (χ0n) is 19.7. The average molecular weight is 599 g/mol. The molecule has 1 amide bonds. The molecule has 5 rings (SSSR count). The number of hydrogen-bond acceptors (Lipinski definition) is 3. The maximum atomic E-state index is 12.8. The van der Waals surface area contributed by atoms with Crippen LogP contribution in [0.25, 0.3) is 11.1 Å². The second-order valence-electron chi connectivity index (χ2n) is 8.60. The van der Waals surface area contributed by atoms with Crippen molar-refractivity contribution in [2.75, 3.05) is 24.5 Å². The fourth-order valence-corrected chi connectivity index (χ4v) is 5.06. The van der Waals surface area contributed by atoms with Gasteiger partial charge in [0.15, 0.2) is 0 Å². The third kappa shape index (κ3) is 7.20. The van der Waals surface area contributed by atoms with E-state index in [1.54, 1.807) is 11.0 Å². The Kier molecular flexibility index (Phi) is 10.3. The molecule has 4 aromatic rings. The summed E-state index contributed by atoms with van der Waals surface area (Å²) in [6.45, 7) is 3.12. The summed E-state index contributed by atoms with van der Waals surface area (Å²) < 4.78 is 2.12. The molecule has 1 aliphatic rings. The molecule has 1 aliphatic heterocycles. The topological polar surface area (TPSA) is 41.4 Å². The number of carbonyl (C=O) groups excluding carboxylic acids is 1. The van der Waals surface area contributed by atoms with Gasteiger partial charge in [-0.05, 0) is 53.1 Å². The van der Waals surface area contributed by atoms with Crippen molar-refractivity contribution in [2.45, 2.75) is 13.1 Å². The first-order valence-corrected chi connectivity index (χ1v) is 12.4. The van der Waals surface area contributed by atoms with Gasteiger partial charge in [-0.3, -0.25) is 9.69 Å². The Hall–Kier alpha value is -2.25. The molecule has 2 heterocycles. The molecule has 0 spiro atoms. The summed E-state index contributed by atoms with van der Waals surface area (Å²) in [6, 6.07) is 21.3. The van der Waals surface area contributed by atoms with Crippen LogP contribution in [-0.4, -0.2) is 40.0 Å². The molecule has 194 valence electrons. The highest BCUT2D eigenvalue weighted by Gasteiger charge is 2.25. The normalized spacial score (nSPS) is 13.7. The summed E-state index contributed by atoms with van der Waals surface area (Å²) in [5, 5.41) is 1.86. The van der Waals surface area contributed by atoms with E-state index < -0.39 is 0 Å². The van der Waals surface area contributed by atoms with E-state index in [-0.39, 0.29) is 30.7 Å². The molecule has 37 heavy (non-hydrogen) atoms. The molecule has 1 aromatic heterocycles. The Morgan fingerprint density at radius 1 is 0.784 bits per heavy atom. The van der Waals surface area contributed by atoms with Gasteiger partial charge in [-0.2, -0.15) is 0 Å². The van der Waals surface area contributed by atoms with Gasteiger partial charge in [-0.25, -0.2) is 4.98 Å². The highest BCUT2D eigenvalue weighted by atomic mass is 35.5. The quantitative estimate of drug-likeness (QED) is 0.235. The number of aromatic nitrogens is 2. The van der Waals surface area contributed by atoms with Crippen LogP contribution in [0.1, 0.15) is 11.3 Å². The predicted octanol–water partition coefficient (Wildman–Crippen LogP) is 7.25. The van der Waals surface area contributed by atoms with Gasteiger partial charge in [0.05, 0.1) is 18.6 Å². The molecule has 3 aromatic carbocycles. The number of amides is 1. The molecule has 0 aliphatic carbocycles.